The van der Waals surface area contributed by atoms with Gasteiger partial charge in [-0.2, -0.15) is 0 Å². The fraction of sp³-hybridized carbons (Fsp3) is 0. The van der Waals surface area contributed by atoms with Gasteiger partial charge in [0.1, 0.15) is 0 Å². The molecular formula is C9H6BrNO2. The molecule has 1 aromatic heterocycles. The first kappa shape index (κ1) is 8.31. The third-order valence-electron chi connectivity index (χ3n) is 1.82. The number of H-pyrrole nitrogens is 1. The lowest BCUT2D eigenvalue weighted by molar-refractivity contribution is 0.477. The van der Waals surface area contributed by atoms with Gasteiger partial charge in [-0.05, 0) is 28.1 Å². The third-order valence-corrected chi connectivity index (χ3v) is 2.46. The van der Waals surface area contributed by atoms with E-state index in [2.05, 4.69) is 20.9 Å². The molecule has 13 heavy (non-hydrogen) atoms. The Morgan fingerprint density at radius 1 is 1.23 bits per heavy atom. The Morgan fingerprint density at radius 3 is 2.69 bits per heavy atom. The summed E-state index contributed by atoms with van der Waals surface area (Å²) in [4.78, 5) is 13.5. The molecule has 0 aliphatic heterocycles. The highest BCUT2D eigenvalue weighted by atomic mass is 79.9. The maximum Gasteiger partial charge on any atom is 0.248 e. The minimum absolute atomic E-state index is 0.0650. The number of aromatic nitrogens is 1. The maximum atomic E-state index is 11.0. The summed E-state index contributed by atoms with van der Waals surface area (Å²) in [6.07, 6.45) is 0. The molecule has 0 saturated heterocycles. The van der Waals surface area contributed by atoms with E-state index in [1.54, 1.807) is 12.1 Å². The highest BCUT2D eigenvalue weighted by Gasteiger charge is 2.03. The minimum Gasteiger partial charge on any atom is -0.505 e. The number of phenolic OH excluding ortho intramolecular Hbond substituents is 1. The molecule has 0 aliphatic rings. The van der Waals surface area contributed by atoms with Crippen LogP contribution in [0.2, 0.25) is 0 Å². The van der Waals surface area contributed by atoms with Gasteiger partial charge in [-0.3, -0.25) is 4.79 Å². The molecule has 0 saturated carbocycles. The van der Waals surface area contributed by atoms with Crippen molar-refractivity contribution in [3.8, 4) is 5.75 Å². The molecule has 1 aromatic carbocycles. The summed E-state index contributed by atoms with van der Waals surface area (Å²) in [5.74, 6) is 0.0650. The van der Waals surface area contributed by atoms with Gasteiger partial charge in [-0.15, -0.1) is 0 Å². The van der Waals surface area contributed by atoms with Crippen molar-refractivity contribution >= 4 is 26.8 Å². The lowest BCUT2D eigenvalue weighted by Crippen LogP contribution is -2.02. The molecule has 0 radical (unpaired) electrons. The highest BCUT2D eigenvalue weighted by molar-refractivity contribution is 9.10. The second kappa shape index (κ2) is 2.88. The zero-order valence-corrected chi connectivity index (χ0v) is 8.13. The molecule has 0 aliphatic carbocycles. The van der Waals surface area contributed by atoms with E-state index < -0.39 is 0 Å². The van der Waals surface area contributed by atoms with Crippen molar-refractivity contribution in [1.29, 1.82) is 0 Å². The molecule has 0 atom stereocenters. The van der Waals surface area contributed by atoms with E-state index >= 15 is 0 Å². The molecule has 0 unspecified atom stereocenters. The van der Waals surface area contributed by atoms with Crippen LogP contribution < -0.4 is 5.56 Å². The van der Waals surface area contributed by atoms with E-state index in [1.165, 1.54) is 6.07 Å². The van der Waals surface area contributed by atoms with Gasteiger partial charge in [0.25, 0.3) is 0 Å². The normalized spacial score (nSPS) is 10.5. The number of halogens is 1. The van der Waals surface area contributed by atoms with Crippen LogP contribution in [0.25, 0.3) is 10.9 Å². The number of hydrogen-bond donors (Lipinski definition) is 2. The van der Waals surface area contributed by atoms with Crippen molar-refractivity contribution in [2.75, 3.05) is 0 Å². The smallest absolute Gasteiger partial charge is 0.248 e. The molecule has 2 N–H and O–H groups in total. The van der Waals surface area contributed by atoms with Crippen LogP contribution in [0.3, 0.4) is 0 Å². The molecule has 0 amide bonds. The van der Waals surface area contributed by atoms with Crippen molar-refractivity contribution in [2.24, 2.45) is 0 Å². The second-order valence-electron chi connectivity index (χ2n) is 2.68. The van der Waals surface area contributed by atoms with Gasteiger partial charge < -0.3 is 10.1 Å². The molecule has 1 heterocycles. The standard InChI is InChI=1S/C9H6BrNO2/c10-6-3-1-5-2-4-7(12)11-8(5)9(6)13/h1-4,13H,(H,11,12). The summed E-state index contributed by atoms with van der Waals surface area (Å²) < 4.78 is 0.571. The van der Waals surface area contributed by atoms with Crippen LogP contribution in [0.15, 0.2) is 33.5 Å². The van der Waals surface area contributed by atoms with Crippen LogP contribution in [0.1, 0.15) is 0 Å². The molecule has 2 rings (SSSR count). The number of pyridine rings is 1. The minimum atomic E-state index is -0.221. The Labute approximate surface area is 82.2 Å². The Bertz CT molecular complexity index is 518. The molecule has 4 heteroatoms. The van der Waals surface area contributed by atoms with E-state index in [1.807, 2.05) is 6.07 Å². The Hall–Kier alpha value is -1.29. The monoisotopic (exact) mass is 239 g/mol. The number of benzene rings is 1. The van der Waals surface area contributed by atoms with Crippen LogP contribution in [0.5, 0.6) is 5.75 Å². The average Bonchev–Trinajstić information content (AvgIpc) is 2.12. The van der Waals surface area contributed by atoms with Gasteiger partial charge in [0.15, 0.2) is 5.75 Å². The van der Waals surface area contributed by atoms with Crippen LogP contribution in [0.4, 0.5) is 0 Å². The predicted octanol–water partition coefficient (Wildman–Crippen LogP) is 2.00. The van der Waals surface area contributed by atoms with E-state index in [0.717, 1.165) is 5.39 Å². The van der Waals surface area contributed by atoms with Crippen LogP contribution in [-0.4, -0.2) is 10.1 Å². The number of hydrogen-bond acceptors (Lipinski definition) is 2. The molecule has 0 fully saturated rings. The zero-order valence-electron chi connectivity index (χ0n) is 6.54. The summed E-state index contributed by atoms with van der Waals surface area (Å²) in [5, 5.41) is 10.4. The summed E-state index contributed by atoms with van der Waals surface area (Å²) in [6.45, 7) is 0. The summed E-state index contributed by atoms with van der Waals surface area (Å²) in [6, 6.07) is 6.64. The van der Waals surface area contributed by atoms with Crippen molar-refractivity contribution in [3.63, 3.8) is 0 Å². The SMILES string of the molecule is O=c1ccc2ccc(Br)c(O)c2[nH]1. The summed E-state index contributed by atoms with van der Waals surface area (Å²) in [7, 11) is 0. The van der Waals surface area contributed by atoms with E-state index in [-0.39, 0.29) is 11.3 Å². The second-order valence-corrected chi connectivity index (χ2v) is 3.54. The van der Waals surface area contributed by atoms with E-state index in [4.69, 9.17) is 0 Å². The molecule has 0 spiro atoms. The number of phenols is 1. The Morgan fingerprint density at radius 2 is 1.92 bits per heavy atom. The lowest BCUT2D eigenvalue weighted by Gasteiger charge is -2.01. The predicted molar refractivity (Wildman–Crippen MR) is 53.9 cm³/mol. The fourth-order valence-electron chi connectivity index (χ4n) is 1.18. The van der Waals surface area contributed by atoms with Gasteiger partial charge in [0, 0.05) is 11.5 Å². The van der Waals surface area contributed by atoms with Crippen LogP contribution >= 0.6 is 15.9 Å². The number of fused-ring (bicyclic) bond motifs is 1. The van der Waals surface area contributed by atoms with Gasteiger partial charge in [-0.1, -0.05) is 6.07 Å². The number of nitrogens with one attached hydrogen (secondary N) is 1. The van der Waals surface area contributed by atoms with Crippen molar-refractivity contribution in [1.82, 2.24) is 4.98 Å². The maximum absolute atomic E-state index is 11.0. The zero-order chi connectivity index (χ0) is 9.42. The molecule has 2 aromatic rings. The summed E-state index contributed by atoms with van der Waals surface area (Å²) >= 11 is 3.17. The number of aromatic hydroxyl groups is 1. The third kappa shape index (κ3) is 1.33. The van der Waals surface area contributed by atoms with Crippen molar-refractivity contribution < 1.29 is 5.11 Å². The first-order valence-electron chi connectivity index (χ1n) is 3.69. The van der Waals surface area contributed by atoms with Crippen LogP contribution in [-0.2, 0) is 0 Å². The highest BCUT2D eigenvalue weighted by Crippen LogP contribution is 2.29. The first-order chi connectivity index (χ1) is 6.18. The molecule has 0 bridgehead atoms. The molecule has 66 valence electrons. The van der Waals surface area contributed by atoms with Gasteiger partial charge in [0.05, 0.1) is 9.99 Å². The topological polar surface area (TPSA) is 53.1 Å². The average molecular weight is 240 g/mol. The molecule has 3 nitrogen and oxygen atoms in total. The van der Waals surface area contributed by atoms with Crippen molar-refractivity contribution in [3.05, 3.63) is 39.1 Å². The van der Waals surface area contributed by atoms with E-state index in [9.17, 15) is 9.90 Å². The Kier molecular flexibility index (Phi) is 1.84. The first-order valence-corrected chi connectivity index (χ1v) is 4.48. The quantitative estimate of drug-likeness (QED) is 0.739. The van der Waals surface area contributed by atoms with Gasteiger partial charge >= 0.3 is 0 Å². The van der Waals surface area contributed by atoms with Crippen LogP contribution in [0, 0.1) is 0 Å². The van der Waals surface area contributed by atoms with Crippen molar-refractivity contribution in [2.45, 2.75) is 0 Å². The van der Waals surface area contributed by atoms with Gasteiger partial charge in [0.2, 0.25) is 5.56 Å². The Balaban J connectivity index is 2.97. The van der Waals surface area contributed by atoms with Gasteiger partial charge in [-0.25, -0.2) is 0 Å². The largest absolute Gasteiger partial charge is 0.505 e. The number of rotatable bonds is 0. The number of aromatic amines is 1. The van der Waals surface area contributed by atoms with E-state index in [0.29, 0.717) is 9.99 Å². The molecular weight excluding hydrogens is 234 g/mol. The fourth-order valence-corrected chi connectivity index (χ4v) is 1.51. The lowest BCUT2D eigenvalue weighted by atomic mass is 10.2. The summed E-state index contributed by atoms with van der Waals surface area (Å²) in [5.41, 5.74) is 0.239.